The Labute approximate surface area is 98.9 Å². The predicted octanol–water partition coefficient (Wildman–Crippen LogP) is 3.80. The van der Waals surface area contributed by atoms with Gasteiger partial charge < -0.3 is 0 Å². The lowest BCUT2D eigenvalue weighted by Crippen LogP contribution is -1.98. The second-order valence-electron chi connectivity index (χ2n) is 4.81. The molecular weight excluding hydrogens is 196 g/mol. The first-order valence-electron chi connectivity index (χ1n) is 6.21. The van der Waals surface area contributed by atoms with E-state index in [4.69, 9.17) is 0 Å². The van der Waals surface area contributed by atoms with Crippen LogP contribution >= 0.6 is 0 Å². The number of carbonyl (C=O) groups is 1. The third-order valence-corrected chi connectivity index (χ3v) is 2.75. The first-order valence-corrected chi connectivity index (χ1v) is 6.21. The highest BCUT2D eigenvalue weighted by molar-refractivity contribution is 5.78. The lowest BCUT2D eigenvalue weighted by Gasteiger charge is -2.06. The van der Waals surface area contributed by atoms with Gasteiger partial charge in [-0.25, -0.2) is 0 Å². The van der Waals surface area contributed by atoms with E-state index in [-0.39, 0.29) is 0 Å². The average molecular weight is 218 g/mol. The van der Waals surface area contributed by atoms with Crippen LogP contribution in [0.2, 0.25) is 0 Å². The van der Waals surface area contributed by atoms with Crippen molar-refractivity contribution in [3.63, 3.8) is 0 Å². The number of ketones is 1. The van der Waals surface area contributed by atoms with E-state index in [0.29, 0.717) is 24.5 Å². The first kappa shape index (κ1) is 13.0. The third kappa shape index (κ3) is 4.61. The summed E-state index contributed by atoms with van der Waals surface area (Å²) in [6.45, 7) is 6.38. The maximum atomic E-state index is 11.2. The van der Waals surface area contributed by atoms with Crippen molar-refractivity contribution in [1.82, 2.24) is 0 Å². The number of aryl methyl sites for hydroxylation is 1. The van der Waals surface area contributed by atoms with Crippen molar-refractivity contribution in [1.29, 1.82) is 0 Å². The topological polar surface area (TPSA) is 17.1 Å². The van der Waals surface area contributed by atoms with Crippen LogP contribution in [-0.2, 0) is 17.6 Å². The van der Waals surface area contributed by atoms with E-state index >= 15 is 0 Å². The zero-order valence-corrected chi connectivity index (χ0v) is 10.6. The van der Waals surface area contributed by atoms with Crippen LogP contribution in [0.15, 0.2) is 24.3 Å². The number of rotatable bonds is 6. The molecule has 0 N–H and O–H groups in total. The number of carbonyl (C=O) groups excluding carboxylic acids is 1. The van der Waals surface area contributed by atoms with Gasteiger partial charge in [-0.3, -0.25) is 4.79 Å². The van der Waals surface area contributed by atoms with Crippen molar-refractivity contribution in [3.05, 3.63) is 35.4 Å². The summed E-state index contributed by atoms with van der Waals surface area (Å²) in [4.78, 5) is 11.2. The minimum Gasteiger partial charge on any atom is -0.300 e. The summed E-state index contributed by atoms with van der Waals surface area (Å²) in [5.74, 6) is 1.05. The Bertz CT molecular complexity index is 322. The molecule has 0 aliphatic heterocycles. The van der Waals surface area contributed by atoms with Crippen LogP contribution in [0.4, 0.5) is 0 Å². The summed E-state index contributed by atoms with van der Waals surface area (Å²) in [5.41, 5.74) is 2.66. The number of hydrogen-bond acceptors (Lipinski definition) is 1. The molecule has 1 nitrogen and oxygen atoms in total. The standard InChI is InChI=1S/C15H22O/c1-4-15(16)10-9-13-5-7-14(8-6-13)11-12(2)3/h5-8,12H,4,9-11H2,1-3H3. The zero-order valence-electron chi connectivity index (χ0n) is 10.6. The normalized spacial score (nSPS) is 10.8. The molecule has 0 heterocycles. The van der Waals surface area contributed by atoms with Gasteiger partial charge in [-0.15, -0.1) is 0 Å². The summed E-state index contributed by atoms with van der Waals surface area (Å²) in [6.07, 6.45) is 3.36. The Morgan fingerprint density at radius 2 is 1.69 bits per heavy atom. The molecule has 0 aliphatic rings. The smallest absolute Gasteiger partial charge is 0.132 e. The molecule has 1 heteroatoms. The molecule has 0 radical (unpaired) electrons. The van der Waals surface area contributed by atoms with E-state index < -0.39 is 0 Å². The Hall–Kier alpha value is -1.11. The van der Waals surface area contributed by atoms with Crippen LogP contribution in [0.5, 0.6) is 0 Å². The van der Waals surface area contributed by atoms with Crippen LogP contribution in [0, 0.1) is 5.92 Å². The first-order chi connectivity index (χ1) is 7.61. The van der Waals surface area contributed by atoms with Gasteiger partial charge in [0.2, 0.25) is 0 Å². The summed E-state index contributed by atoms with van der Waals surface area (Å²) in [5, 5.41) is 0. The van der Waals surface area contributed by atoms with E-state index in [9.17, 15) is 4.79 Å². The maximum absolute atomic E-state index is 11.2. The predicted molar refractivity (Wildman–Crippen MR) is 68.6 cm³/mol. The molecule has 0 atom stereocenters. The van der Waals surface area contributed by atoms with Gasteiger partial charge in [0.15, 0.2) is 0 Å². The number of Topliss-reactive ketones (excluding diaryl/α,β-unsaturated/α-hetero) is 1. The van der Waals surface area contributed by atoms with E-state index in [2.05, 4.69) is 38.1 Å². The van der Waals surface area contributed by atoms with E-state index in [1.807, 2.05) is 6.92 Å². The maximum Gasteiger partial charge on any atom is 0.132 e. The molecule has 0 saturated heterocycles. The van der Waals surface area contributed by atoms with Gasteiger partial charge in [0.05, 0.1) is 0 Å². The van der Waals surface area contributed by atoms with E-state index in [0.717, 1.165) is 12.8 Å². The van der Waals surface area contributed by atoms with Crippen LogP contribution < -0.4 is 0 Å². The van der Waals surface area contributed by atoms with Gasteiger partial charge in [-0.2, -0.15) is 0 Å². The monoisotopic (exact) mass is 218 g/mol. The van der Waals surface area contributed by atoms with Gasteiger partial charge in [0.1, 0.15) is 5.78 Å². The van der Waals surface area contributed by atoms with Gasteiger partial charge in [0, 0.05) is 12.8 Å². The van der Waals surface area contributed by atoms with Gasteiger partial charge in [-0.05, 0) is 29.9 Å². The summed E-state index contributed by atoms with van der Waals surface area (Å²) < 4.78 is 0. The van der Waals surface area contributed by atoms with Crippen LogP contribution in [0.3, 0.4) is 0 Å². The summed E-state index contributed by atoms with van der Waals surface area (Å²) in [7, 11) is 0. The summed E-state index contributed by atoms with van der Waals surface area (Å²) in [6, 6.07) is 8.68. The van der Waals surface area contributed by atoms with Crippen LogP contribution in [-0.4, -0.2) is 5.78 Å². The number of hydrogen-bond donors (Lipinski definition) is 0. The SMILES string of the molecule is CCC(=O)CCc1ccc(CC(C)C)cc1. The van der Waals surface area contributed by atoms with Crippen molar-refractivity contribution < 1.29 is 4.79 Å². The molecular formula is C15H22O. The van der Waals surface area contributed by atoms with Crippen LogP contribution in [0.25, 0.3) is 0 Å². The van der Waals surface area contributed by atoms with E-state index in [1.54, 1.807) is 0 Å². The molecule has 1 rings (SSSR count). The molecule has 16 heavy (non-hydrogen) atoms. The minimum atomic E-state index is 0.353. The highest BCUT2D eigenvalue weighted by Gasteiger charge is 2.01. The lowest BCUT2D eigenvalue weighted by molar-refractivity contribution is -0.118. The fraction of sp³-hybridized carbons (Fsp3) is 0.533. The fourth-order valence-electron chi connectivity index (χ4n) is 1.77. The molecule has 0 saturated carbocycles. The van der Waals surface area contributed by atoms with E-state index in [1.165, 1.54) is 11.1 Å². The largest absolute Gasteiger partial charge is 0.300 e. The van der Waals surface area contributed by atoms with Crippen molar-refractivity contribution in [2.24, 2.45) is 5.92 Å². The molecule has 0 aliphatic carbocycles. The van der Waals surface area contributed by atoms with Gasteiger partial charge in [0.25, 0.3) is 0 Å². The molecule has 0 amide bonds. The quantitative estimate of drug-likeness (QED) is 0.710. The van der Waals surface area contributed by atoms with Gasteiger partial charge >= 0.3 is 0 Å². The molecule has 88 valence electrons. The molecule has 0 fully saturated rings. The lowest BCUT2D eigenvalue weighted by atomic mass is 10.00. The second-order valence-corrected chi connectivity index (χ2v) is 4.81. The third-order valence-electron chi connectivity index (χ3n) is 2.75. The highest BCUT2D eigenvalue weighted by Crippen LogP contribution is 2.11. The van der Waals surface area contributed by atoms with Gasteiger partial charge in [-0.1, -0.05) is 45.0 Å². The fourth-order valence-corrected chi connectivity index (χ4v) is 1.77. The Morgan fingerprint density at radius 3 is 2.19 bits per heavy atom. The molecule has 0 aromatic heterocycles. The number of benzene rings is 1. The Kier molecular flexibility index (Phi) is 5.24. The average Bonchev–Trinajstić information content (AvgIpc) is 2.27. The highest BCUT2D eigenvalue weighted by atomic mass is 16.1. The Morgan fingerprint density at radius 1 is 1.12 bits per heavy atom. The van der Waals surface area contributed by atoms with Crippen molar-refractivity contribution in [3.8, 4) is 0 Å². The van der Waals surface area contributed by atoms with Crippen LogP contribution in [0.1, 0.15) is 44.7 Å². The molecule has 0 unspecified atom stereocenters. The summed E-state index contributed by atoms with van der Waals surface area (Å²) >= 11 is 0. The minimum absolute atomic E-state index is 0.353. The van der Waals surface area contributed by atoms with Crippen molar-refractivity contribution >= 4 is 5.78 Å². The molecule has 0 spiro atoms. The zero-order chi connectivity index (χ0) is 12.0. The second kappa shape index (κ2) is 6.47. The Balaban J connectivity index is 2.48. The molecule has 1 aromatic carbocycles. The molecule has 1 aromatic rings. The van der Waals surface area contributed by atoms with Crippen molar-refractivity contribution in [2.45, 2.75) is 46.5 Å². The van der Waals surface area contributed by atoms with Crippen molar-refractivity contribution in [2.75, 3.05) is 0 Å². The molecule has 0 bridgehead atoms.